The summed E-state index contributed by atoms with van der Waals surface area (Å²) in [5.74, 6) is 1.30. The first kappa shape index (κ1) is 23.6. The first-order valence-electron chi connectivity index (χ1n) is 9.29. The van der Waals surface area contributed by atoms with Crippen LogP contribution in [0.4, 0.5) is 0 Å². The second-order valence-corrected chi connectivity index (χ2v) is 10.4. The van der Waals surface area contributed by atoms with Gasteiger partial charge in [0.2, 0.25) is 0 Å². The summed E-state index contributed by atoms with van der Waals surface area (Å²) in [6.45, 7) is 20.9. The Morgan fingerprint density at radius 3 is 1.54 bits per heavy atom. The molecule has 0 heterocycles. The van der Waals surface area contributed by atoms with Crippen LogP contribution in [0.3, 0.4) is 0 Å². The summed E-state index contributed by atoms with van der Waals surface area (Å²) in [5, 5.41) is 0. The van der Waals surface area contributed by atoms with E-state index in [0.717, 1.165) is 45.4 Å². The Hall–Kier alpha value is -0.440. The monoisotopic (exact) mass is 377 g/mol. The van der Waals surface area contributed by atoms with Gasteiger partial charge in [0.1, 0.15) is 29.4 Å². The van der Waals surface area contributed by atoms with E-state index in [0.29, 0.717) is 6.16 Å². The molecule has 1 unspecified atom stereocenters. The SMILES string of the molecule is C=CC[P+](N)(Cl)CC(=C(N(CC)CC)N(CC)CC)N(CC)CC. The average Bonchev–Trinajstić information content (AvgIpc) is 2.55. The summed E-state index contributed by atoms with van der Waals surface area (Å²) in [4.78, 5) is 7.29. The number of nitrogens with zero attached hydrogens (tertiary/aromatic N) is 3. The smallest absolute Gasteiger partial charge is 0.186 e. The molecule has 142 valence electrons. The molecule has 2 N–H and O–H groups in total. The zero-order valence-corrected chi connectivity index (χ0v) is 18.3. The minimum atomic E-state index is -2.05. The number of rotatable bonds is 13. The van der Waals surface area contributed by atoms with E-state index in [4.69, 9.17) is 16.7 Å². The first-order valence-corrected chi connectivity index (χ1v) is 12.4. The molecule has 1 atom stereocenters. The molecule has 0 saturated carbocycles. The molecular weight excluding hydrogens is 339 g/mol. The molecule has 0 aromatic carbocycles. The Bertz CT molecular complexity index is 372. The van der Waals surface area contributed by atoms with Gasteiger partial charge in [-0.1, -0.05) is 12.7 Å². The maximum absolute atomic E-state index is 6.74. The van der Waals surface area contributed by atoms with Gasteiger partial charge in [-0.3, -0.25) is 0 Å². The van der Waals surface area contributed by atoms with Gasteiger partial charge < -0.3 is 14.7 Å². The molecule has 0 amide bonds. The van der Waals surface area contributed by atoms with Crippen molar-refractivity contribution in [3.8, 4) is 0 Å². The van der Waals surface area contributed by atoms with Crippen molar-refractivity contribution in [3.05, 3.63) is 24.2 Å². The van der Waals surface area contributed by atoms with Crippen LogP contribution in [0.25, 0.3) is 0 Å². The normalized spacial score (nSPS) is 13.2. The van der Waals surface area contributed by atoms with Crippen LogP contribution < -0.4 is 5.50 Å². The quantitative estimate of drug-likeness (QED) is 0.381. The standard InChI is InChI=1S/C18H39ClN4P/c1-8-15-24(19,20)16-17(21(9-2)10-3)18(22(11-4)12-5)23(13-6)14-7/h8H,1,9-16,20H2,2-7H3/q+1. The van der Waals surface area contributed by atoms with E-state index in [1.165, 1.54) is 11.5 Å². The maximum atomic E-state index is 6.74. The number of hydrogen-bond acceptors (Lipinski definition) is 4. The van der Waals surface area contributed by atoms with Crippen LogP contribution in [0, 0.1) is 0 Å². The third-order valence-electron chi connectivity index (χ3n) is 4.37. The van der Waals surface area contributed by atoms with Crippen molar-refractivity contribution in [1.29, 1.82) is 0 Å². The van der Waals surface area contributed by atoms with Crippen LogP contribution in [0.1, 0.15) is 41.5 Å². The van der Waals surface area contributed by atoms with Gasteiger partial charge >= 0.3 is 0 Å². The van der Waals surface area contributed by atoms with Crippen molar-refractivity contribution in [2.24, 2.45) is 5.50 Å². The van der Waals surface area contributed by atoms with Gasteiger partial charge in [0, 0.05) is 39.3 Å². The topological polar surface area (TPSA) is 35.7 Å². The van der Waals surface area contributed by atoms with Gasteiger partial charge in [-0.15, -0.1) is 0 Å². The molecule has 0 fully saturated rings. The zero-order chi connectivity index (χ0) is 18.8. The lowest BCUT2D eigenvalue weighted by atomic mass is 10.3. The summed E-state index contributed by atoms with van der Waals surface area (Å²) < 4.78 is 0. The number of nitrogens with two attached hydrogens (primary N) is 1. The summed E-state index contributed by atoms with van der Waals surface area (Å²) >= 11 is 6.74. The Labute approximate surface area is 155 Å². The van der Waals surface area contributed by atoms with Crippen LogP contribution in [-0.4, -0.2) is 66.3 Å². The summed E-state index contributed by atoms with van der Waals surface area (Å²) in [6, 6.07) is 0. The summed E-state index contributed by atoms with van der Waals surface area (Å²) in [7, 11) is 0. The van der Waals surface area contributed by atoms with E-state index in [1.807, 2.05) is 6.08 Å². The number of halogens is 1. The van der Waals surface area contributed by atoms with Crippen LogP contribution in [0.15, 0.2) is 24.2 Å². The predicted molar refractivity (Wildman–Crippen MR) is 113 cm³/mol. The molecule has 0 radical (unpaired) electrons. The van der Waals surface area contributed by atoms with Gasteiger partial charge in [-0.05, 0) is 41.5 Å². The fourth-order valence-corrected chi connectivity index (χ4v) is 5.09. The highest BCUT2D eigenvalue weighted by molar-refractivity contribution is 7.97. The Morgan fingerprint density at radius 2 is 1.25 bits per heavy atom. The number of hydrogen-bond donors (Lipinski definition) is 1. The minimum Gasteiger partial charge on any atom is -0.369 e. The average molecular weight is 378 g/mol. The Balaban J connectivity index is 6.24. The fourth-order valence-electron chi connectivity index (χ4n) is 3.06. The fraction of sp³-hybridized carbons (Fsp3) is 0.778. The lowest BCUT2D eigenvalue weighted by Crippen LogP contribution is -2.41. The molecule has 0 saturated heterocycles. The van der Waals surface area contributed by atoms with E-state index < -0.39 is 6.77 Å². The molecule has 0 aromatic heterocycles. The zero-order valence-electron chi connectivity index (χ0n) is 16.7. The molecule has 0 rings (SSSR count). The molecule has 0 aliphatic carbocycles. The largest absolute Gasteiger partial charge is 0.369 e. The molecule has 24 heavy (non-hydrogen) atoms. The third-order valence-corrected chi connectivity index (χ3v) is 6.84. The van der Waals surface area contributed by atoms with E-state index in [-0.39, 0.29) is 0 Å². The van der Waals surface area contributed by atoms with Crippen LogP contribution in [0.5, 0.6) is 0 Å². The Kier molecular flexibility index (Phi) is 11.8. The van der Waals surface area contributed by atoms with E-state index in [1.54, 1.807) is 0 Å². The first-order chi connectivity index (χ1) is 11.3. The maximum Gasteiger partial charge on any atom is 0.186 e. The lowest BCUT2D eigenvalue weighted by Gasteiger charge is -2.39. The van der Waals surface area contributed by atoms with E-state index >= 15 is 0 Å². The highest BCUT2D eigenvalue weighted by atomic mass is 35.7. The molecule has 0 bridgehead atoms. The van der Waals surface area contributed by atoms with E-state index in [9.17, 15) is 0 Å². The summed E-state index contributed by atoms with van der Waals surface area (Å²) in [5.41, 5.74) is 7.78. The molecule has 0 aliphatic rings. The van der Waals surface area contributed by atoms with Gasteiger partial charge in [0.15, 0.2) is 6.77 Å². The van der Waals surface area contributed by atoms with Crippen LogP contribution in [0.2, 0.25) is 0 Å². The Morgan fingerprint density at radius 1 is 0.875 bits per heavy atom. The van der Waals surface area contributed by atoms with Crippen molar-refractivity contribution >= 4 is 18.0 Å². The van der Waals surface area contributed by atoms with Gasteiger partial charge in [-0.2, -0.15) is 5.50 Å². The molecular formula is C18H39ClN4P+. The second kappa shape index (κ2) is 12.0. The van der Waals surface area contributed by atoms with Gasteiger partial charge in [0.25, 0.3) is 0 Å². The van der Waals surface area contributed by atoms with Crippen molar-refractivity contribution in [1.82, 2.24) is 14.7 Å². The predicted octanol–water partition coefficient (Wildman–Crippen LogP) is 4.41. The van der Waals surface area contributed by atoms with Crippen LogP contribution in [-0.2, 0) is 0 Å². The molecule has 0 spiro atoms. The third kappa shape index (κ3) is 6.82. The molecule has 6 heteroatoms. The molecule has 0 aromatic rings. The highest BCUT2D eigenvalue weighted by Gasteiger charge is 2.35. The van der Waals surface area contributed by atoms with Gasteiger partial charge in [-0.25, -0.2) is 0 Å². The minimum absolute atomic E-state index is 0.698. The number of allylic oxidation sites excluding steroid dienone is 2. The second-order valence-electron chi connectivity index (χ2n) is 5.84. The van der Waals surface area contributed by atoms with E-state index in [2.05, 4.69) is 62.8 Å². The van der Waals surface area contributed by atoms with Crippen molar-refractivity contribution < 1.29 is 0 Å². The molecule has 0 aliphatic heterocycles. The van der Waals surface area contributed by atoms with Crippen molar-refractivity contribution in [3.63, 3.8) is 0 Å². The molecule has 4 nitrogen and oxygen atoms in total. The van der Waals surface area contributed by atoms with Gasteiger partial charge in [0.05, 0.1) is 5.70 Å². The lowest BCUT2D eigenvalue weighted by molar-refractivity contribution is 0.212. The van der Waals surface area contributed by atoms with Crippen molar-refractivity contribution in [2.75, 3.05) is 51.6 Å². The van der Waals surface area contributed by atoms with Crippen molar-refractivity contribution in [2.45, 2.75) is 41.5 Å². The summed E-state index contributed by atoms with van der Waals surface area (Å²) in [6.07, 6.45) is 3.29. The van der Waals surface area contributed by atoms with Crippen LogP contribution >= 0.6 is 18.0 Å². The highest BCUT2D eigenvalue weighted by Crippen LogP contribution is 2.58.